The molecule has 0 aliphatic rings. The van der Waals surface area contributed by atoms with Crippen LogP contribution in [0.25, 0.3) is 0 Å². The highest BCUT2D eigenvalue weighted by Gasteiger charge is 2.16. The largest absolute Gasteiger partial charge is 0.468 e. The molecule has 0 aliphatic heterocycles. The number of nitrogens with one attached hydrogen (secondary N) is 1. The summed E-state index contributed by atoms with van der Waals surface area (Å²) < 4.78 is 26.7. The van der Waals surface area contributed by atoms with Gasteiger partial charge in [0, 0.05) is 0 Å². The number of hydrogen-bond donors (Lipinski definition) is 1. The fourth-order valence-corrected chi connectivity index (χ4v) is 1.75. The minimum absolute atomic E-state index is 0.0846. The molecule has 1 aromatic carbocycles. The monoisotopic (exact) mass is 259 g/mol. The molecule has 0 unspecified atom stereocenters. The molecule has 0 radical (unpaired) electrons. The summed E-state index contributed by atoms with van der Waals surface area (Å²) >= 11 is 0. The molecule has 1 rings (SSSR count). The molecule has 6 nitrogen and oxygen atoms in total. The molecule has 0 bridgehead atoms. The van der Waals surface area contributed by atoms with Crippen molar-refractivity contribution in [2.24, 2.45) is 0 Å². The van der Waals surface area contributed by atoms with Crippen molar-refractivity contribution < 1.29 is 22.8 Å². The number of rotatable bonds is 6. The molecule has 0 aromatic heterocycles. The molecule has 94 valence electrons. The van der Waals surface area contributed by atoms with E-state index in [0.29, 0.717) is 0 Å². The van der Waals surface area contributed by atoms with E-state index in [0.717, 1.165) is 12.7 Å². The maximum Gasteiger partial charge on any atom is 0.322 e. The Hall–Kier alpha value is -1.44. The van der Waals surface area contributed by atoms with Crippen molar-refractivity contribution in [3.05, 3.63) is 35.9 Å². The Morgan fingerprint density at radius 1 is 1.29 bits per heavy atom. The second kappa shape index (κ2) is 6.33. The fourth-order valence-electron chi connectivity index (χ4n) is 1.02. The molecule has 17 heavy (non-hydrogen) atoms. The lowest BCUT2D eigenvalue weighted by Gasteiger charge is -2.06. The van der Waals surface area contributed by atoms with Crippen LogP contribution in [-0.2, 0) is 31.0 Å². The lowest BCUT2D eigenvalue weighted by Crippen LogP contribution is -2.30. The smallest absolute Gasteiger partial charge is 0.322 e. The zero-order valence-corrected chi connectivity index (χ0v) is 10.1. The highest BCUT2D eigenvalue weighted by Crippen LogP contribution is 1.99. The van der Waals surface area contributed by atoms with E-state index in [9.17, 15) is 13.2 Å². The third kappa shape index (κ3) is 5.43. The molecule has 0 atom stereocenters. The summed E-state index contributed by atoms with van der Waals surface area (Å²) in [5, 5.41) is 0. The SMILES string of the molecule is COC(=O)CS(=O)(=O)NOCc1ccccc1. The number of carbonyl (C=O) groups is 1. The predicted octanol–water partition coefficient (Wildman–Crippen LogP) is 0.211. The van der Waals surface area contributed by atoms with Crippen LogP contribution in [0.15, 0.2) is 30.3 Å². The zero-order valence-electron chi connectivity index (χ0n) is 9.25. The molecule has 1 N–H and O–H groups in total. The summed E-state index contributed by atoms with van der Waals surface area (Å²) in [5.74, 6) is -1.61. The van der Waals surface area contributed by atoms with Crippen molar-refractivity contribution in [1.29, 1.82) is 0 Å². The first kappa shape index (κ1) is 13.6. The number of ether oxygens (including phenoxy) is 1. The third-order valence-electron chi connectivity index (χ3n) is 1.80. The van der Waals surface area contributed by atoms with E-state index < -0.39 is 21.7 Å². The summed E-state index contributed by atoms with van der Waals surface area (Å²) in [6, 6.07) is 9.03. The van der Waals surface area contributed by atoms with E-state index in [4.69, 9.17) is 4.84 Å². The summed E-state index contributed by atoms with van der Waals surface area (Å²) in [6.07, 6.45) is 0. The van der Waals surface area contributed by atoms with Crippen LogP contribution in [0.3, 0.4) is 0 Å². The quantitative estimate of drug-likeness (QED) is 0.583. The molecule has 0 saturated heterocycles. The average molecular weight is 259 g/mol. The van der Waals surface area contributed by atoms with Crippen LogP contribution in [0, 0.1) is 0 Å². The van der Waals surface area contributed by atoms with E-state index in [1.165, 1.54) is 0 Å². The standard InChI is InChI=1S/C10H13NO5S/c1-15-10(12)8-17(13,14)11-16-7-9-5-3-2-4-6-9/h2-6,11H,7-8H2,1H3. The molecule has 0 spiro atoms. The van der Waals surface area contributed by atoms with Crippen LogP contribution in [0.2, 0.25) is 0 Å². The first-order chi connectivity index (χ1) is 8.03. The molecular formula is C10H13NO5S. The van der Waals surface area contributed by atoms with Gasteiger partial charge in [0.15, 0.2) is 5.75 Å². The summed E-state index contributed by atoms with van der Waals surface area (Å²) in [6.45, 7) is 0.0846. The first-order valence-electron chi connectivity index (χ1n) is 4.75. The molecule has 0 heterocycles. The number of methoxy groups -OCH3 is 1. The van der Waals surface area contributed by atoms with Crippen molar-refractivity contribution in [3.8, 4) is 0 Å². The topological polar surface area (TPSA) is 81.7 Å². The highest BCUT2D eigenvalue weighted by atomic mass is 32.2. The van der Waals surface area contributed by atoms with Crippen LogP contribution in [0.4, 0.5) is 0 Å². The van der Waals surface area contributed by atoms with Crippen molar-refractivity contribution in [2.45, 2.75) is 6.61 Å². The second-order valence-electron chi connectivity index (χ2n) is 3.19. The molecule has 0 amide bonds. The van der Waals surface area contributed by atoms with Gasteiger partial charge in [0.25, 0.3) is 0 Å². The Kier molecular flexibility index (Phi) is 5.08. The van der Waals surface area contributed by atoms with Gasteiger partial charge in [-0.25, -0.2) is 8.42 Å². The fraction of sp³-hybridized carbons (Fsp3) is 0.300. The van der Waals surface area contributed by atoms with Gasteiger partial charge in [-0.3, -0.25) is 9.63 Å². The van der Waals surface area contributed by atoms with Crippen LogP contribution in [0.5, 0.6) is 0 Å². The van der Waals surface area contributed by atoms with E-state index >= 15 is 0 Å². The third-order valence-corrected chi connectivity index (χ3v) is 2.79. The van der Waals surface area contributed by atoms with Gasteiger partial charge in [-0.15, -0.1) is 0 Å². The zero-order chi connectivity index (χ0) is 12.7. The number of esters is 1. The van der Waals surface area contributed by atoms with Crippen molar-refractivity contribution >= 4 is 16.0 Å². The Labute approximate surface area is 99.5 Å². The Morgan fingerprint density at radius 2 is 1.94 bits per heavy atom. The van der Waals surface area contributed by atoms with Gasteiger partial charge >= 0.3 is 5.97 Å². The lowest BCUT2D eigenvalue weighted by molar-refractivity contribution is -0.137. The predicted molar refractivity (Wildman–Crippen MR) is 60.2 cm³/mol. The van der Waals surface area contributed by atoms with E-state index in [2.05, 4.69) is 4.74 Å². The van der Waals surface area contributed by atoms with E-state index in [1.54, 1.807) is 12.1 Å². The Bertz CT molecular complexity index is 457. The van der Waals surface area contributed by atoms with Crippen LogP contribution >= 0.6 is 0 Å². The number of sulfonamides is 1. The lowest BCUT2D eigenvalue weighted by atomic mass is 10.2. The highest BCUT2D eigenvalue weighted by molar-refractivity contribution is 7.90. The molecule has 0 fully saturated rings. The normalized spacial score (nSPS) is 11.1. The van der Waals surface area contributed by atoms with Crippen LogP contribution in [-0.4, -0.2) is 27.2 Å². The van der Waals surface area contributed by atoms with Crippen molar-refractivity contribution in [1.82, 2.24) is 4.89 Å². The van der Waals surface area contributed by atoms with Gasteiger partial charge in [-0.2, -0.15) is 0 Å². The Balaban J connectivity index is 2.38. The minimum Gasteiger partial charge on any atom is -0.468 e. The Morgan fingerprint density at radius 3 is 2.53 bits per heavy atom. The summed E-state index contributed by atoms with van der Waals surface area (Å²) in [7, 11) is -2.70. The first-order valence-corrected chi connectivity index (χ1v) is 6.41. The van der Waals surface area contributed by atoms with Gasteiger partial charge < -0.3 is 4.74 Å². The minimum atomic E-state index is -3.81. The maximum atomic E-state index is 11.3. The van der Waals surface area contributed by atoms with Crippen molar-refractivity contribution in [2.75, 3.05) is 12.9 Å². The van der Waals surface area contributed by atoms with E-state index in [1.807, 2.05) is 23.1 Å². The molecule has 0 aliphatic carbocycles. The van der Waals surface area contributed by atoms with Gasteiger partial charge in [0.1, 0.15) is 0 Å². The average Bonchev–Trinajstić information content (AvgIpc) is 2.29. The van der Waals surface area contributed by atoms with Gasteiger partial charge in [0.2, 0.25) is 10.0 Å². The van der Waals surface area contributed by atoms with Crippen molar-refractivity contribution in [3.63, 3.8) is 0 Å². The number of carbonyl (C=O) groups excluding carboxylic acids is 1. The van der Waals surface area contributed by atoms with Gasteiger partial charge in [-0.1, -0.05) is 35.2 Å². The van der Waals surface area contributed by atoms with E-state index in [-0.39, 0.29) is 6.61 Å². The summed E-state index contributed by atoms with van der Waals surface area (Å²) in [5.41, 5.74) is 0.813. The van der Waals surface area contributed by atoms with Crippen LogP contribution in [0.1, 0.15) is 5.56 Å². The number of hydrogen-bond acceptors (Lipinski definition) is 5. The second-order valence-corrected chi connectivity index (χ2v) is 4.88. The van der Waals surface area contributed by atoms with Crippen LogP contribution < -0.4 is 4.89 Å². The maximum absolute atomic E-state index is 11.3. The molecule has 7 heteroatoms. The molecular weight excluding hydrogens is 246 g/mol. The van der Waals surface area contributed by atoms with Gasteiger partial charge in [0.05, 0.1) is 13.7 Å². The molecule has 0 saturated carbocycles. The molecule has 1 aromatic rings. The van der Waals surface area contributed by atoms with Gasteiger partial charge in [-0.05, 0) is 5.56 Å². The summed E-state index contributed by atoms with van der Waals surface area (Å²) in [4.78, 5) is 17.4. The number of benzene rings is 1.